The van der Waals surface area contributed by atoms with Gasteiger partial charge in [-0.05, 0) is 40.5 Å². The molecule has 1 aromatic carbocycles. The number of hydrogen-bond acceptors (Lipinski definition) is 2. The molecular formula is C10H12Br2OS. The smallest absolute Gasteiger partial charge is 0.0730 e. The molecule has 0 aromatic heterocycles. The first-order chi connectivity index (χ1) is 6.63. The summed E-state index contributed by atoms with van der Waals surface area (Å²) in [6.07, 6.45) is -0.284. The number of alkyl halides is 1. The minimum absolute atomic E-state index is 0.284. The molecule has 0 bridgehead atoms. The summed E-state index contributed by atoms with van der Waals surface area (Å²) in [5, 5.41) is 10.0. The van der Waals surface area contributed by atoms with E-state index >= 15 is 0 Å². The van der Waals surface area contributed by atoms with E-state index in [4.69, 9.17) is 0 Å². The number of aliphatic hydroxyl groups is 1. The maximum atomic E-state index is 9.38. The molecule has 0 heterocycles. The van der Waals surface area contributed by atoms with Crippen LogP contribution >= 0.6 is 43.6 Å². The van der Waals surface area contributed by atoms with Crippen molar-refractivity contribution in [2.75, 3.05) is 11.1 Å². The molecule has 0 saturated carbocycles. The Morgan fingerprint density at radius 1 is 1.50 bits per heavy atom. The second kappa shape index (κ2) is 6.16. The Kier molecular flexibility index (Phi) is 5.52. The lowest BCUT2D eigenvalue weighted by Gasteiger charge is -2.08. The molecule has 1 atom stereocenters. The van der Waals surface area contributed by atoms with Crippen molar-refractivity contribution in [2.45, 2.75) is 17.9 Å². The van der Waals surface area contributed by atoms with E-state index in [1.807, 2.05) is 0 Å². The molecule has 1 unspecified atom stereocenters. The van der Waals surface area contributed by atoms with E-state index < -0.39 is 0 Å². The number of halogens is 2. The lowest BCUT2D eigenvalue weighted by Crippen LogP contribution is -2.10. The molecule has 1 N–H and O–H groups in total. The zero-order valence-electron chi connectivity index (χ0n) is 7.84. The van der Waals surface area contributed by atoms with Crippen molar-refractivity contribution in [1.82, 2.24) is 0 Å². The van der Waals surface area contributed by atoms with Gasteiger partial charge in [-0.15, -0.1) is 11.8 Å². The number of thioether (sulfide) groups is 1. The number of aryl methyl sites for hydroxylation is 1. The fourth-order valence-corrected chi connectivity index (χ4v) is 3.17. The van der Waals surface area contributed by atoms with Gasteiger partial charge in [-0.25, -0.2) is 0 Å². The zero-order chi connectivity index (χ0) is 10.6. The normalized spacial score (nSPS) is 12.9. The summed E-state index contributed by atoms with van der Waals surface area (Å²) >= 11 is 8.41. The summed E-state index contributed by atoms with van der Waals surface area (Å²) in [4.78, 5) is 1.18. The Morgan fingerprint density at radius 2 is 2.21 bits per heavy atom. The van der Waals surface area contributed by atoms with Crippen LogP contribution in [0.1, 0.15) is 5.56 Å². The van der Waals surface area contributed by atoms with E-state index in [0.717, 1.165) is 4.47 Å². The van der Waals surface area contributed by atoms with E-state index in [1.165, 1.54) is 10.5 Å². The Balaban J connectivity index is 2.59. The minimum atomic E-state index is -0.284. The molecule has 14 heavy (non-hydrogen) atoms. The van der Waals surface area contributed by atoms with Gasteiger partial charge in [0.2, 0.25) is 0 Å². The first-order valence-electron chi connectivity index (χ1n) is 4.26. The monoisotopic (exact) mass is 338 g/mol. The van der Waals surface area contributed by atoms with Crippen molar-refractivity contribution in [1.29, 1.82) is 0 Å². The molecule has 1 rings (SSSR count). The summed E-state index contributed by atoms with van der Waals surface area (Å²) in [5.74, 6) is 0.715. The molecule has 0 amide bonds. The molecule has 0 aliphatic heterocycles. The number of hydrogen-bond donors (Lipinski definition) is 1. The molecule has 0 fully saturated rings. The lowest BCUT2D eigenvalue weighted by molar-refractivity contribution is 0.226. The van der Waals surface area contributed by atoms with Crippen LogP contribution < -0.4 is 0 Å². The summed E-state index contributed by atoms with van der Waals surface area (Å²) in [7, 11) is 0. The van der Waals surface area contributed by atoms with Crippen LogP contribution in [0.5, 0.6) is 0 Å². The summed E-state index contributed by atoms with van der Waals surface area (Å²) in [6.45, 7) is 2.06. The molecule has 1 nitrogen and oxygen atoms in total. The number of rotatable bonds is 4. The third-order valence-electron chi connectivity index (χ3n) is 1.70. The van der Waals surface area contributed by atoms with Crippen LogP contribution in [0.4, 0.5) is 0 Å². The number of benzene rings is 1. The molecule has 4 heteroatoms. The van der Waals surface area contributed by atoms with Gasteiger partial charge in [-0.3, -0.25) is 0 Å². The van der Waals surface area contributed by atoms with Crippen molar-refractivity contribution < 1.29 is 5.11 Å². The topological polar surface area (TPSA) is 20.2 Å². The van der Waals surface area contributed by atoms with Crippen LogP contribution in [0.15, 0.2) is 27.6 Å². The van der Waals surface area contributed by atoms with Gasteiger partial charge in [0.15, 0.2) is 0 Å². The van der Waals surface area contributed by atoms with E-state index in [1.54, 1.807) is 11.8 Å². The predicted molar refractivity (Wildman–Crippen MR) is 69.4 cm³/mol. The molecule has 0 radical (unpaired) electrons. The SMILES string of the molecule is Cc1ccc(SCC(O)CBr)c(Br)c1. The Labute approximate surface area is 106 Å². The van der Waals surface area contributed by atoms with Crippen LogP contribution in [0.3, 0.4) is 0 Å². The van der Waals surface area contributed by atoms with E-state index in [2.05, 4.69) is 57.0 Å². The second-order valence-corrected chi connectivity index (χ2v) is 5.62. The summed E-state index contributed by atoms with van der Waals surface area (Å²) < 4.78 is 1.10. The average molecular weight is 340 g/mol. The van der Waals surface area contributed by atoms with Crippen molar-refractivity contribution in [3.8, 4) is 0 Å². The molecule has 1 aromatic rings. The van der Waals surface area contributed by atoms with Crippen molar-refractivity contribution in [2.24, 2.45) is 0 Å². The Hall–Kier alpha value is 0.490. The maximum absolute atomic E-state index is 9.38. The summed E-state index contributed by atoms with van der Waals surface area (Å²) in [5.41, 5.74) is 1.24. The quantitative estimate of drug-likeness (QED) is 0.668. The van der Waals surface area contributed by atoms with Gasteiger partial charge in [0, 0.05) is 20.5 Å². The first kappa shape index (κ1) is 12.6. The fraction of sp³-hybridized carbons (Fsp3) is 0.400. The second-order valence-electron chi connectivity index (χ2n) is 3.05. The lowest BCUT2D eigenvalue weighted by atomic mass is 10.2. The van der Waals surface area contributed by atoms with Gasteiger partial charge in [-0.1, -0.05) is 22.0 Å². The van der Waals surface area contributed by atoms with Crippen LogP contribution in [-0.4, -0.2) is 22.3 Å². The van der Waals surface area contributed by atoms with Crippen LogP contribution in [0, 0.1) is 6.92 Å². The largest absolute Gasteiger partial charge is 0.391 e. The van der Waals surface area contributed by atoms with Crippen LogP contribution in [-0.2, 0) is 0 Å². The Morgan fingerprint density at radius 3 is 2.79 bits per heavy atom. The van der Waals surface area contributed by atoms with Gasteiger partial charge in [-0.2, -0.15) is 0 Å². The van der Waals surface area contributed by atoms with Crippen molar-refractivity contribution in [3.63, 3.8) is 0 Å². The fourth-order valence-electron chi connectivity index (χ4n) is 0.953. The van der Waals surface area contributed by atoms with Crippen LogP contribution in [0.2, 0.25) is 0 Å². The van der Waals surface area contributed by atoms with Gasteiger partial charge < -0.3 is 5.11 Å². The standard InChI is InChI=1S/C10H12Br2OS/c1-7-2-3-10(9(12)4-7)14-6-8(13)5-11/h2-4,8,13H,5-6H2,1H3. The van der Waals surface area contributed by atoms with Crippen molar-refractivity contribution in [3.05, 3.63) is 28.2 Å². The van der Waals surface area contributed by atoms with Gasteiger partial charge in [0.25, 0.3) is 0 Å². The Bertz CT molecular complexity index is 304. The molecule has 0 saturated heterocycles. The van der Waals surface area contributed by atoms with Gasteiger partial charge in [0.1, 0.15) is 0 Å². The van der Waals surface area contributed by atoms with Crippen LogP contribution in [0.25, 0.3) is 0 Å². The highest BCUT2D eigenvalue weighted by Gasteiger charge is 2.05. The van der Waals surface area contributed by atoms with E-state index in [0.29, 0.717) is 11.1 Å². The third kappa shape index (κ3) is 3.93. The average Bonchev–Trinajstić information content (AvgIpc) is 2.16. The minimum Gasteiger partial charge on any atom is -0.391 e. The van der Waals surface area contributed by atoms with E-state index in [-0.39, 0.29) is 6.10 Å². The van der Waals surface area contributed by atoms with E-state index in [9.17, 15) is 5.11 Å². The first-order valence-corrected chi connectivity index (χ1v) is 7.16. The van der Waals surface area contributed by atoms with Crippen molar-refractivity contribution >= 4 is 43.6 Å². The number of aliphatic hydroxyl groups excluding tert-OH is 1. The highest BCUT2D eigenvalue weighted by molar-refractivity contribution is 9.10. The highest BCUT2D eigenvalue weighted by atomic mass is 79.9. The predicted octanol–water partition coefficient (Wildman–Crippen LogP) is 3.61. The molecule has 0 aliphatic rings. The third-order valence-corrected chi connectivity index (χ3v) is 4.58. The highest BCUT2D eigenvalue weighted by Crippen LogP contribution is 2.28. The molecular weight excluding hydrogens is 328 g/mol. The van der Waals surface area contributed by atoms with Gasteiger partial charge in [0.05, 0.1) is 6.10 Å². The zero-order valence-corrected chi connectivity index (χ0v) is 11.8. The molecule has 0 aliphatic carbocycles. The molecule has 0 spiro atoms. The summed E-state index contributed by atoms with van der Waals surface area (Å²) in [6, 6.07) is 6.24. The molecule has 78 valence electrons. The van der Waals surface area contributed by atoms with Gasteiger partial charge >= 0.3 is 0 Å². The maximum Gasteiger partial charge on any atom is 0.0730 e.